The van der Waals surface area contributed by atoms with Gasteiger partial charge in [0.15, 0.2) is 0 Å². The minimum atomic E-state index is -0.939. The van der Waals surface area contributed by atoms with Crippen LogP contribution in [0.5, 0.6) is 5.75 Å². The summed E-state index contributed by atoms with van der Waals surface area (Å²) in [5.41, 5.74) is 5.87. The molecule has 0 saturated carbocycles. The maximum absolute atomic E-state index is 11.4. The number of fused-ring (bicyclic) bond motifs is 1. The van der Waals surface area contributed by atoms with Crippen LogP contribution in [0.2, 0.25) is 0 Å². The standard InChI is InChI=1S/C29H37IO3/c1-6-7-8-9-10-22(19-33-26-18-21(27(31)32)12-14-25(26)30)20-11-13-23-24(17-20)29(4,5)16-15-28(23,2)3/h10-14,17-18H,6-9,15-16,19H2,1-5H3,(H,31,32)/b22-10-. The van der Waals surface area contributed by atoms with Gasteiger partial charge in [0.05, 0.1) is 9.13 Å². The SMILES string of the molecule is CCCCC/C=C(/COc1cc(C(=O)O)ccc1I)c1ccc2c(c1)C(C)(C)CCC2(C)C. The molecule has 3 rings (SSSR count). The van der Waals surface area contributed by atoms with E-state index in [1.165, 1.54) is 47.9 Å². The fourth-order valence-electron chi connectivity index (χ4n) is 4.62. The number of carboxylic acid groups (broad SMARTS) is 1. The fraction of sp³-hybridized carbons (Fsp3) is 0.483. The van der Waals surface area contributed by atoms with Crippen molar-refractivity contribution in [3.8, 4) is 5.75 Å². The van der Waals surface area contributed by atoms with E-state index < -0.39 is 5.97 Å². The molecule has 1 N–H and O–H groups in total. The van der Waals surface area contributed by atoms with Crippen LogP contribution in [0, 0.1) is 3.57 Å². The Kier molecular flexibility index (Phi) is 8.31. The van der Waals surface area contributed by atoms with E-state index in [0.717, 1.165) is 16.4 Å². The zero-order chi connectivity index (χ0) is 24.2. The smallest absolute Gasteiger partial charge is 0.335 e. The lowest BCUT2D eigenvalue weighted by Gasteiger charge is -2.42. The second-order valence-corrected chi connectivity index (χ2v) is 11.7. The number of halogens is 1. The third-order valence-electron chi connectivity index (χ3n) is 6.98. The Morgan fingerprint density at radius 1 is 1.00 bits per heavy atom. The van der Waals surface area contributed by atoms with E-state index in [1.54, 1.807) is 18.2 Å². The highest BCUT2D eigenvalue weighted by Crippen LogP contribution is 2.46. The van der Waals surface area contributed by atoms with Crippen LogP contribution in [-0.2, 0) is 10.8 Å². The number of hydrogen-bond donors (Lipinski definition) is 1. The van der Waals surface area contributed by atoms with Crippen LogP contribution >= 0.6 is 22.6 Å². The molecule has 33 heavy (non-hydrogen) atoms. The average Bonchev–Trinajstić information content (AvgIpc) is 2.77. The number of ether oxygens (including phenoxy) is 1. The lowest BCUT2D eigenvalue weighted by Crippen LogP contribution is -2.33. The van der Waals surface area contributed by atoms with E-state index in [-0.39, 0.29) is 16.4 Å². The molecule has 3 nitrogen and oxygen atoms in total. The van der Waals surface area contributed by atoms with Gasteiger partial charge in [-0.15, -0.1) is 0 Å². The minimum Gasteiger partial charge on any atom is -0.488 e. The molecule has 2 aromatic rings. The summed E-state index contributed by atoms with van der Waals surface area (Å²) in [5, 5.41) is 9.36. The van der Waals surface area contributed by atoms with E-state index in [2.05, 4.69) is 81.5 Å². The predicted octanol–water partition coefficient (Wildman–Crippen LogP) is 8.38. The zero-order valence-corrected chi connectivity index (χ0v) is 22.8. The Morgan fingerprint density at radius 2 is 1.67 bits per heavy atom. The number of rotatable bonds is 9. The first-order valence-electron chi connectivity index (χ1n) is 12.1. The number of hydrogen-bond acceptors (Lipinski definition) is 2. The number of benzene rings is 2. The molecule has 178 valence electrons. The van der Waals surface area contributed by atoms with Crippen molar-refractivity contribution in [2.45, 2.75) is 84.0 Å². The van der Waals surface area contributed by atoms with Crippen LogP contribution in [0.3, 0.4) is 0 Å². The Hall–Kier alpha value is -1.82. The van der Waals surface area contributed by atoms with Crippen molar-refractivity contribution < 1.29 is 14.6 Å². The monoisotopic (exact) mass is 560 g/mol. The molecule has 0 bridgehead atoms. The normalized spacial score (nSPS) is 16.8. The summed E-state index contributed by atoms with van der Waals surface area (Å²) in [4.78, 5) is 11.4. The molecule has 4 heteroatoms. The maximum atomic E-state index is 11.4. The summed E-state index contributed by atoms with van der Waals surface area (Å²) in [6.07, 6.45) is 9.29. The summed E-state index contributed by atoms with van der Waals surface area (Å²) >= 11 is 2.20. The van der Waals surface area contributed by atoms with Gasteiger partial charge in [0, 0.05) is 0 Å². The van der Waals surface area contributed by atoms with Gasteiger partial charge in [-0.05, 0) is 99.6 Å². The maximum Gasteiger partial charge on any atom is 0.335 e. The molecule has 0 heterocycles. The summed E-state index contributed by atoms with van der Waals surface area (Å²) in [6.45, 7) is 12.1. The van der Waals surface area contributed by atoms with Crippen LogP contribution in [0.25, 0.3) is 5.57 Å². The van der Waals surface area contributed by atoms with Gasteiger partial charge < -0.3 is 9.84 Å². The molecule has 2 aromatic carbocycles. The van der Waals surface area contributed by atoms with Crippen molar-refractivity contribution in [2.24, 2.45) is 0 Å². The lowest BCUT2D eigenvalue weighted by atomic mass is 9.63. The van der Waals surface area contributed by atoms with Crippen LogP contribution in [0.15, 0.2) is 42.5 Å². The Balaban J connectivity index is 1.94. The van der Waals surface area contributed by atoms with Gasteiger partial charge in [0.2, 0.25) is 0 Å². The van der Waals surface area contributed by atoms with E-state index in [0.29, 0.717) is 12.4 Å². The molecule has 1 aliphatic rings. The van der Waals surface area contributed by atoms with Gasteiger partial charge in [-0.3, -0.25) is 0 Å². The summed E-state index contributed by atoms with van der Waals surface area (Å²) in [7, 11) is 0. The summed E-state index contributed by atoms with van der Waals surface area (Å²) in [6, 6.07) is 12.0. The third kappa shape index (κ3) is 6.20. The van der Waals surface area contributed by atoms with Crippen molar-refractivity contribution in [3.63, 3.8) is 0 Å². The molecule has 0 aliphatic heterocycles. The van der Waals surface area contributed by atoms with Crippen LogP contribution in [-0.4, -0.2) is 17.7 Å². The molecule has 0 atom stereocenters. The highest BCUT2D eigenvalue weighted by Gasteiger charge is 2.37. The van der Waals surface area contributed by atoms with Gasteiger partial charge in [-0.25, -0.2) is 4.79 Å². The Labute approximate surface area is 212 Å². The predicted molar refractivity (Wildman–Crippen MR) is 145 cm³/mol. The molecular formula is C29H37IO3. The van der Waals surface area contributed by atoms with Crippen molar-refractivity contribution in [1.29, 1.82) is 0 Å². The number of carbonyl (C=O) groups is 1. The summed E-state index contributed by atoms with van der Waals surface area (Å²) < 4.78 is 7.11. The van der Waals surface area contributed by atoms with Crippen LogP contribution in [0.1, 0.15) is 100 Å². The van der Waals surface area contributed by atoms with Gasteiger partial charge in [0.1, 0.15) is 12.4 Å². The average molecular weight is 561 g/mol. The van der Waals surface area contributed by atoms with Gasteiger partial charge in [-0.1, -0.05) is 71.7 Å². The van der Waals surface area contributed by atoms with Gasteiger partial charge >= 0.3 is 5.97 Å². The zero-order valence-electron chi connectivity index (χ0n) is 20.6. The van der Waals surface area contributed by atoms with E-state index in [4.69, 9.17) is 4.74 Å². The number of aromatic carboxylic acids is 1. The third-order valence-corrected chi connectivity index (χ3v) is 7.87. The van der Waals surface area contributed by atoms with E-state index in [1.807, 2.05) is 0 Å². The summed E-state index contributed by atoms with van der Waals surface area (Å²) in [5.74, 6) is -0.319. The first-order valence-corrected chi connectivity index (χ1v) is 13.1. The lowest BCUT2D eigenvalue weighted by molar-refractivity contribution is 0.0696. The first kappa shape index (κ1) is 25.8. The van der Waals surface area contributed by atoms with E-state index in [9.17, 15) is 9.90 Å². The van der Waals surface area contributed by atoms with Crippen LogP contribution < -0.4 is 4.74 Å². The van der Waals surface area contributed by atoms with Gasteiger partial charge in [0.25, 0.3) is 0 Å². The second-order valence-electron chi connectivity index (χ2n) is 10.5. The molecule has 0 amide bonds. The van der Waals surface area contributed by atoms with Crippen molar-refractivity contribution in [2.75, 3.05) is 6.61 Å². The Bertz CT molecular complexity index is 1030. The molecule has 0 radical (unpaired) electrons. The van der Waals surface area contributed by atoms with Crippen LogP contribution in [0.4, 0.5) is 0 Å². The molecule has 0 fully saturated rings. The molecule has 0 aromatic heterocycles. The molecule has 0 unspecified atom stereocenters. The fourth-order valence-corrected chi connectivity index (χ4v) is 5.11. The van der Waals surface area contributed by atoms with Gasteiger partial charge in [-0.2, -0.15) is 0 Å². The minimum absolute atomic E-state index is 0.153. The second kappa shape index (κ2) is 10.6. The topological polar surface area (TPSA) is 46.5 Å². The van der Waals surface area contributed by atoms with Crippen molar-refractivity contribution in [3.05, 3.63) is 68.3 Å². The molecule has 1 aliphatic carbocycles. The molecule has 0 saturated heterocycles. The van der Waals surface area contributed by atoms with Crippen molar-refractivity contribution in [1.82, 2.24) is 0 Å². The highest BCUT2D eigenvalue weighted by atomic mass is 127. The largest absolute Gasteiger partial charge is 0.488 e. The highest BCUT2D eigenvalue weighted by molar-refractivity contribution is 14.1. The first-order chi connectivity index (χ1) is 15.5. The quantitative estimate of drug-likeness (QED) is 0.248. The number of carboxylic acids is 1. The van der Waals surface area contributed by atoms with E-state index >= 15 is 0 Å². The number of allylic oxidation sites excluding steroid dienone is 1. The van der Waals surface area contributed by atoms with Crippen molar-refractivity contribution >= 4 is 34.1 Å². The molecular weight excluding hydrogens is 523 g/mol. The number of unbranched alkanes of at least 4 members (excludes halogenated alkanes) is 3. The Morgan fingerprint density at radius 3 is 2.33 bits per heavy atom. The molecule has 0 spiro atoms.